The Kier molecular flexibility index (Phi) is 4.02. The summed E-state index contributed by atoms with van der Waals surface area (Å²) >= 11 is 0. The molecular formula is C16H25N3O2. The minimum Gasteiger partial charge on any atom is -0.361 e. The molecule has 2 aliphatic heterocycles. The van der Waals surface area contributed by atoms with Crippen LogP contribution in [-0.2, 0) is 11.2 Å². The maximum absolute atomic E-state index is 12.7. The maximum Gasteiger partial charge on any atom is 0.227 e. The predicted molar refractivity (Wildman–Crippen MR) is 80.0 cm³/mol. The molecule has 2 atom stereocenters. The molecule has 0 aromatic carbocycles. The molecule has 116 valence electrons. The van der Waals surface area contributed by atoms with Crippen molar-refractivity contribution in [1.29, 1.82) is 0 Å². The van der Waals surface area contributed by atoms with Crippen LogP contribution in [-0.4, -0.2) is 40.6 Å². The summed E-state index contributed by atoms with van der Waals surface area (Å²) < 4.78 is 5.17. The highest BCUT2D eigenvalue weighted by Crippen LogP contribution is 2.30. The molecule has 5 nitrogen and oxygen atoms in total. The minimum atomic E-state index is 0.207. The predicted octanol–water partition coefficient (Wildman–Crippen LogP) is 1.97. The van der Waals surface area contributed by atoms with Crippen LogP contribution >= 0.6 is 0 Å². The van der Waals surface area contributed by atoms with Gasteiger partial charge in [0, 0.05) is 30.2 Å². The quantitative estimate of drug-likeness (QED) is 0.921. The third kappa shape index (κ3) is 2.84. The number of hydrogen-bond donors (Lipinski definition) is 1. The molecule has 1 aromatic rings. The van der Waals surface area contributed by atoms with Gasteiger partial charge < -0.3 is 14.7 Å². The van der Waals surface area contributed by atoms with Crippen LogP contribution in [0, 0.1) is 13.8 Å². The van der Waals surface area contributed by atoms with Crippen molar-refractivity contribution in [3.63, 3.8) is 0 Å². The van der Waals surface area contributed by atoms with Gasteiger partial charge in [0.2, 0.25) is 5.91 Å². The molecule has 0 radical (unpaired) electrons. The molecular weight excluding hydrogens is 266 g/mol. The van der Waals surface area contributed by atoms with Gasteiger partial charge in [0.05, 0.1) is 12.1 Å². The molecule has 0 spiro atoms. The molecule has 2 aliphatic rings. The van der Waals surface area contributed by atoms with Crippen LogP contribution in [0.1, 0.15) is 49.6 Å². The first-order valence-corrected chi connectivity index (χ1v) is 8.05. The number of nitrogens with one attached hydrogen (secondary N) is 1. The average Bonchev–Trinajstić information content (AvgIpc) is 2.96. The summed E-state index contributed by atoms with van der Waals surface area (Å²) in [5, 5.41) is 7.58. The first-order valence-electron chi connectivity index (χ1n) is 8.05. The molecule has 2 bridgehead atoms. The van der Waals surface area contributed by atoms with Gasteiger partial charge in [-0.3, -0.25) is 4.79 Å². The molecule has 3 heterocycles. The van der Waals surface area contributed by atoms with Crippen LogP contribution < -0.4 is 5.32 Å². The van der Waals surface area contributed by atoms with Crippen molar-refractivity contribution in [2.75, 3.05) is 6.54 Å². The first-order chi connectivity index (χ1) is 10.1. The van der Waals surface area contributed by atoms with E-state index in [1.54, 1.807) is 0 Å². The van der Waals surface area contributed by atoms with Crippen molar-refractivity contribution >= 4 is 5.91 Å². The number of likely N-dealkylation sites (N-methyl/N-ethyl adjacent to an activating group) is 1. The summed E-state index contributed by atoms with van der Waals surface area (Å²) in [6.07, 6.45) is 5.12. The van der Waals surface area contributed by atoms with Gasteiger partial charge in [0.15, 0.2) is 0 Å². The minimum absolute atomic E-state index is 0.207. The maximum atomic E-state index is 12.7. The second-order valence-corrected chi connectivity index (χ2v) is 6.42. The summed E-state index contributed by atoms with van der Waals surface area (Å²) in [4.78, 5) is 14.8. The molecule has 3 rings (SSSR count). The van der Waals surface area contributed by atoms with Crippen molar-refractivity contribution in [2.45, 2.75) is 71.0 Å². The zero-order valence-electron chi connectivity index (χ0n) is 13.2. The summed E-state index contributed by atoms with van der Waals surface area (Å²) in [6, 6.07) is 1.60. The van der Waals surface area contributed by atoms with E-state index in [4.69, 9.17) is 4.52 Å². The molecule has 0 aliphatic carbocycles. The lowest BCUT2D eigenvalue weighted by atomic mass is 9.97. The van der Waals surface area contributed by atoms with E-state index in [-0.39, 0.29) is 5.91 Å². The van der Waals surface area contributed by atoms with Gasteiger partial charge in [-0.2, -0.15) is 0 Å². The van der Waals surface area contributed by atoms with Gasteiger partial charge >= 0.3 is 0 Å². The number of nitrogens with zero attached hydrogens (tertiary/aromatic N) is 2. The zero-order valence-corrected chi connectivity index (χ0v) is 13.2. The highest BCUT2D eigenvalue weighted by Gasteiger charge is 2.37. The summed E-state index contributed by atoms with van der Waals surface area (Å²) in [6.45, 7) is 6.64. The number of rotatable bonds is 4. The third-order valence-electron chi connectivity index (χ3n) is 5.06. The van der Waals surface area contributed by atoms with Gasteiger partial charge in [-0.05, 0) is 46.5 Å². The number of aryl methyl sites for hydroxylation is 2. The molecule has 2 saturated heterocycles. The Bertz CT molecular complexity index is 494. The summed E-state index contributed by atoms with van der Waals surface area (Å²) in [7, 11) is 0. The topological polar surface area (TPSA) is 58.4 Å². The van der Waals surface area contributed by atoms with E-state index in [9.17, 15) is 4.79 Å². The van der Waals surface area contributed by atoms with Crippen molar-refractivity contribution in [3.05, 3.63) is 17.0 Å². The van der Waals surface area contributed by atoms with E-state index in [2.05, 4.69) is 22.3 Å². The van der Waals surface area contributed by atoms with E-state index in [0.29, 0.717) is 24.5 Å². The number of carbonyl (C=O) groups excluding carboxylic acids is 1. The first kappa shape index (κ1) is 14.6. The Morgan fingerprint density at radius 3 is 2.52 bits per heavy atom. The molecule has 1 N–H and O–H groups in total. The van der Waals surface area contributed by atoms with Crippen LogP contribution in [0.15, 0.2) is 4.52 Å². The van der Waals surface area contributed by atoms with E-state index in [0.717, 1.165) is 36.4 Å². The zero-order chi connectivity index (χ0) is 15.0. The third-order valence-corrected chi connectivity index (χ3v) is 5.06. The fourth-order valence-electron chi connectivity index (χ4n) is 3.93. The Morgan fingerprint density at radius 2 is 2.00 bits per heavy atom. The highest BCUT2D eigenvalue weighted by atomic mass is 16.5. The van der Waals surface area contributed by atoms with Crippen molar-refractivity contribution in [3.8, 4) is 0 Å². The van der Waals surface area contributed by atoms with Gasteiger partial charge in [-0.1, -0.05) is 5.16 Å². The molecule has 2 unspecified atom stereocenters. The Labute approximate surface area is 126 Å². The van der Waals surface area contributed by atoms with Crippen LogP contribution in [0.5, 0.6) is 0 Å². The lowest BCUT2D eigenvalue weighted by Gasteiger charge is -2.37. The molecule has 1 amide bonds. The van der Waals surface area contributed by atoms with Crippen LogP contribution in [0.3, 0.4) is 0 Å². The number of carbonyl (C=O) groups is 1. The average molecular weight is 291 g/mol. The van der Waals surface area contributed by atoms with Gasteiger partial charge in [-0.25, -0.2) is 0 Å². The number of amides is 1. The normalized spacial score (nSPS) is 27.9. The van der Waals surface area contributed by atoms with Gasteiger partial charge in [0.25, 0.3) is 0 Å². The van der Waals surface area contributed by atoms with Crippen LogP contribution in [0.2, 0.25) is 0 Å². The molecule has 0 saturated carbocycles. The van der Waals surface area contributed by atoms with Crippen molar-refractivity contribution in [1.82, 2.24) is 15.4 Å². The van der Waals surface area contributed by atoms with Crippen molar-refractivity contribution in [2.24, 2.45) is 0 Å². The monoisotopic (exact) mass is 291 g/mol. The van der Waals surface area contributed by atoms with E-state index in [1.807, 2.05) is 13.8 Å². The van der Waals surface area contributed by atoms with Crippen molar-refractivity contribution < 1.29 is 9.32 Å². The molecule has 1 aromatic heterocycles. The lowest BCUT2D eigenvalue weighted by Crippen LogP contribution is -2.50. The van der Waals surface area contributed by atoms with Gasteiger partial charge in [-0.15, -0.1) is 0 Å². The van der Waals surface area contributed by atoms with E-state index in [1.165, 1.54) is 12.8 Å². The summed E-state index contributed by atoms with van der Waals surface area (Å²) in [5.41, 5.74) is 1.79. The van der Waals surface area contributed by atoms with Crippen LogP contribution in [0.4, 0.5) is 0 Å². The smallest absolute Gasteiger partial charge is 0.227 e. The fourth-order valence-corrected chi connectivity index (χ4v) is 3.93. The number of hydrogen-bond acceptors (Lipinski definition) is 4. The highest BCUT2D eigenvalue weighted by molar-refractivity contribution is 5.79. The SMILES string of the molecule is CCN(C(=O)Cc1c(C)noc1C)C1CC2CCC(C1)N2. The number of aromatic nitrogens is 1. The van der Waals surface area contributed by atoms with E-state index < -0.39 is 0 Å². The Hall–Kier alpha value is -1.36. The van der Waals surface area contributed by atoms with Gasteiger partial charge in [0.1, 0.15) is 5.76 Å². The number of piperidine rings is 1. The standard InChI is InChI=1S/C16H25N3O2/c1-4-19(14-7-12-5-6-13(8-14)17-12)16(20)9-15-10(2)18-21-11(15)3/h12-14,17H,4-9H2,1-3H3. The number of fused-ring (bicyclic) bond motifs is 2. The second kappa shape index (κ2) is 5.79. The van der Waals surface area contributed by atoms with E-state index >= 15 is 0 Å². The second-order valence-electron chi connectivity index (χ2n) is 6.42. The molecule has 5 heteroatoms. The molecule has 2 fully saturated rings. The Balaban J connectivity index is 1.69. The summed E-state index contributed by atoms with van der Waals surface area (Å²) in [5.74, 6) is 0.973. The lowest BCUT2D eigenvalue weighted by molar-refractivity contribution is -0.133. The van der Waals surface area contributed by atoms with Crippen LogP contribution in [0.25, 0.3) is 0 Å². The largest absolute Gasteiger partial charge is 0.361 e. The fraction of sp³-hybridized carbons (Fsp3) is 0.750. The molecule has 21 heavy (non-hydrogen) atoms. The Morgan fingerprint density at radius 1 is 1.33 bits per heavy atom.